The number of carbonyl (C=O) groups is 1. The first-order valence-electron chi connectivity index (χ1n) is 23.2. The zero-order valence-corrected chi connectivity index (χ0v) is 35.1. The summed E-state index contributed by atoms with van der Waals surface area (Å²) in [6, 6.07) is -0.640. The molecule has 0 heterocycles. The van der Waals surface area contributed by atoms with E-state index in [9.17, 15) is 15.0 Å². The molecule has 2 unspecified atom stereocenters. The van der Waals surface area contributed by atoms with Gasteiger partial charge in [-0.2, -0.15) is 0 Å². The molecule has 0 aliphatic carbocycles. The number of nitrogens with one attached hydrogen (secondary N) is 1. The number of rotatable bonds is 42. The fraction of sp³-hybridized carbons (Fsp3) is 0.854. The van der Waals surface area contributed by atoms with E-state index in [1.165, 1.54) is 193 Å². The van der Waals surface area contributed by atoms with Crippen molar-refractivity contribution in [3.8, 4) is 0 Å². The normalized spacial score (nSPS) is 13.2. The number of unbranched alkanes of at least 4 members (excludes halogenated alkanes) is 31. The Morgan fingerprint density at radius 3 is 1.12 bits per heavy atom. The highest BCUT2D eigenvalue weighted by atomic mass is 16.3. The second-order valence-electron chi connectivity index (χ2n) is 15.8. The van der Waals surface area contributed by atoms with Crippen molar-refractivity contribution in [1.29, 1.82) is 0 Å². The topological polar surface area (TPSA) is 69.6 Å². The van der Waals surface area contributed by atoms with Crippen molar-refractivity contribution in [3.63, 3.8) is 0 Å². The van der Waals surface area contributed by atoms with Crippen molar-refractivity contribution < 1.29 is 15.0 Å². The second kappa shape index (κ2) is 44.0. The van der Waals surface area contributed by atoms with Gasteiger partial charge < -0.3 is 15.5 Å². The van der Waals surface area contributed by atoms with E-state index < -0.39 is 12.1 Å². The highest BCUT2D eigenvalue weighted by molar-refractivity contribution is 5.76. The number of carbonyl (C=O) groups excluding carboxylic acids is 1. The third-order valence-electron chi connectivity index (χ3n) is 10.6. The van der Waals surface area contributed by atoms with E-state index in [-0.39, 0.29) is 12.5 Å². The monoisotopic (exact) mass is 730 g/mol. The highest BCUT2D eigenvalue weighted by Gasteiger charge is 2.17. The van der Waals surface area contributed by atoms with Gasteiger partial charge in [-0.3, -0.25) is 4.79 Å². The van der Waals surface area contributed by atoms with Crippen LogP contribution in [0.25, 0.3) is 0 Å². The van der Waals surface area contributed by atoms with Crippen LogP contribution in [0.15, 0.2) is 36.5 Å². The second-order valence-corrected chi connectivity index (χ2v) is 15.8. The fourth-order valence-electron chi connectivity index (χ4n) is 7.01. The molecule has 0 saturated heterocycles. The van der Waals surface area contributed by atoms with Gasteiger partial charge in [0.1, 0.15) is 0 Å². The lowest BCUT2D eigenvalue weighted by molar-refractivity contribution is -0.123. The van der Waals surface area contributed by atoms with Crippen molar-refractivity contribution in [3.05, 3.63) is 36.5 Å². The summed E-state index contributed by atoms with van der Waals surface area (Å²) in [4.78, 5) is 12.4. The minimum Gasteiger partial charge on any atom is -0.394 e. The molecule has 1 amide bonds. The van der Waals surface area contributed by atoms with Crippen LogP contribution >= 0.6 is 0 Å². The Morgan fingerprint density at radius 2 is 0.750 bits per heavy atom. The van der Waals surface area contributed by atoms with Crippen LogP contribution in [0.1, 0.15) is 245 Å². The molecule has 306 valence electrons. The number of hydrogen-bond donors (Lipinski definition) is 3. The van der Waals surface area contributed by atoms with Crippen LogP contribution in [0.3, 0.4) is 0 Å². The predicted octanol–water partition coefficient (Wildman–Crippen LogP) is 14.6. The van der Waals surface area contributed by atoms with Crippen molar-refractivity contribution in [2.24, 2.45) is 0 Å². The molecule has 0 aromatic heterocycles. The predicted molar refractivity (Wildman–Crippen MR) is 230 cm³/mol. The Balaban J connectivity index is 3.59. The van der Waals surface area contributed by atoms with E-state index in [0.717, 1.165) is 32.1 Å². The number of aliphatic hydroxyl groups excluding tert-OH is 2. The third-order valence-corrected chi connectivity index (χ3v) is 10.6. The molecule has 0 saturated carbocycles. The van der Waals surface area contributed by atoms with Crippen molar-refractivity contribution in [2.45, 2.75) is 257 Å². The van der Waals surface area contributed by atoms with E-state index in [4.69, 9.17) is 0 Å². The van der Waals surface area contributed by atoms with Gasteiger partial charge >= 0.3 is 0 Å². The van der Waals surface area contributed by atoms with Gasteiger partial charge in [-0.1, -0.05) is 217 Å². The minimum absolute atomic E-state index is 0.0770. The Kier molecular flexibility index (Phi) is 42.8. The first-order valence-corrected chi connectivity index (χ1v) is 23.2. The number of allylic oxidation sites excluding steroid dienone is 5. The smallest absolute Gasteiger partial charge is 0.220 e. The molecule has 0 radical (unpaired) electrons. The SMILES string of the molecule is CCCCCCCCC/C=C\CCCCCCCCCC(=O)NC(CO)C(O)/C=C/CC/C=C/CCCCCCCCCCCCCCCCCC. The van der Waals surface area contributed by atoms with E-state index in [0.29, 0.717) is 6.42 Å². The third kappa shape index (κ3) is 39.8. The summed E-state index contributed by atoms with van der Waals surface area (Å²) in [6.07, 6.45) is 58.3. The molecule has 0 rings (SSSR count). The van der Waals surface area contributed by atoms with Crippen LogP contribution in [0.5, 0.6) is 0 Å². The average molecular weight is 730 g/mol. The van der Waals surface area contributed by atoms with Crippen LogP contribution in [0, 0.1) is 0 Å². The first-order chi connectivity index (χ1) is 25.7. The molecule has 2 atom stereocenters. The van der Waals surface area contributed by atoms with Crippen molar-refractivity contribution >= 4 is 5.91 Å². The van der Waals surface area contributed by atoms with Gasteiger partial charge in [0.2, 0.25) is 5.91 Å². The van der Waals surface area contributed by atoms with Crippen LogP contribution < -0.4 is 5.32 Å². The van der Waals surface area contributed by atoms with Crippen LogP contribution in [-0.4, -0.2) is 34.9 Å². The van der Waals surface area contributed by atoms with Gasteiger partial charge in [0, 0.05) is 6.42 Å². The summed E-state index contributed by atoms with van der Waals surface area (Å²) >= 11 is 0. The summed E-state index contributed by atoms with van der Waals surface area (Å²) < 4.78 is 0. The Morgan fingerprint density at radius 1 is 0.442 bits per heavy atom. The first kappa shape index (κ1) is 50.6. The lowest BCUT2D eigenvalue weighted by atomic mass is 10.0. The maximum atomic E-state index is 12.4. The minimum atomic E-state index is -0.863. The highest BCUT2D eigenvalue weighted by Crippen LogP contribution is 2.15. The van der Waals surface area contributed by atoms with Gasteiger partial charge in [-0.25, -0.2) is 0 Å². The quantitative estimate of drug-likeness (QED) is 0.0433. The van der Waals surface area contributed by atoms with Gasteiger partial charge in [0.15, 0.2) is 0 Å². The molecule has 0 spiro atoms. The molecular weight excluding hydrogens is 639 g/mol. The lowest BCUT2D eigenvalue weighted by Crippen LogP contribution is -2.45. The fourth-order valence-corrected chi connectivity index (χ4v) is 7.01. The van der Waals surface area contributed by atoms with E-state index >= 15 is 0 Å². The summed E-state index contributed by atoms with van der Waals surface area (Å²) in [7, 11) is 0. The molecule has 3 N–H and O–H groups in total. The maximum Gasteiger partial charge on any atom is 0.220 e. The summed E-state index contributed by atoms with van der Waals surface area (Å²) in [5.41, 5.74) is 0. The number of hydrogen-bond acceptors (Lipinski definition) is 3. The van der Waals surface area contributed by atoms with Gasteiger partial charge in [0.05, 0.1) is 18.8 Å². The van der Waals surface area contributed by atoms with Crippen molar-refractivity contribution in [1.82, 2.24) is 5.32 Å². The van der Waals surface area contributed by atoms with Gasteiger partial charge in [-0.05, 0) is 57.8 Å². The summed E-state index contributed by atoms with van der Waals surface area (Å²) in [5, 5.41) is 23.0. The molecule has 0 fully saturated rings. The van der Waals surface area contributed by atoms with E-state index in [2.05, 4.69) is 43.5 Å². The molecule has 4 heteroatoms. The zero-order chi connectivity index (χ0) is 37.8. The average Bonchev–Trinajstić information content (AvgIpc) is 3.15. The van der Waals surface area contributed by atoms with E-state index in [1.54, 1.807) is 6.08 Å². The lowest BCUT2D eigenvalue weighted by Gasteiger charge is -2.19. The van der Waals surface area contributed by atoms with Crippen LogP contribution in [0.2, 0.25) is 0 Å². The molecule has 0 bridgehead atoms. The summed E-state index contributed by atoms with van der Waals surface area (Å²) in [6.45, 7) is 4.31. The molecule has 0 aromatic carbocycles. The Bertz CT molecular complexity index is 790. The molecule has 52 heavy (non-hydrogen) atoms. The Labute approximate surface area is 325 Å². The molecule has 0 aliphatic heterocycles. The van der Waals surface area contributed by atoms with Gasteiger partial charge in [-0.15, -0.1) is 0 Å². The standard InChI is InChI=1S/C48H91NO3/c1-3-5-7-9-11-13-15-17-19-21-23-24-25-26-27-29-31-33-35-37-39-41-43-47(51)46(45-50)49-48(52)44-42-40-38-36-34-32-30-28-22-20-18-16-14-12-10-8-6-4-2/h20,22,33,35,41,43,46-47,50-51H,3-19,21,23-32,34,36-40,42,44-45H2,1-2H3,(H,49,52)/b22-20-,35-33+,43-41+. The van der Waals surface area contributed by atoms with Gasteiger partial charge in [0.25, 0.3) is 0 Å². The van der Waals surface area contributed by atoms with Crippen LogP contribution in [-0.2, 0) is 4.79 Å². The number of aliphatic hydroxyl groups is 2. The number of amides is 1. The van der Waals surface area contributed by atoms with Crippen molar-refractivity contribution in [2.75, 3.05) is 6.61 Å². The van der Waals surface area contributed by atoms with E-state index in [1.807, 2.05) is 6.08 Å². The molecule has 4 nitrogen and oxygen atoms in total. The Hall–Kier alpha value is -1.39. The maximum absolute atomic E-state index is 12.4. The summed E-state index contributed by atoms with van der Waals surface area (Å²) in [5.74, 6) is -0.0770. The molecular formula is C48H91NO3. The largest absolute Gasteiger partial charge is 0.394 e. The molecule has 0 aliphatic rings. The zero-order valence-electron chi connectivity index (χ0n) is 35.1. The van der Waals surface area contributed by atoms with Crippen LogP contribution in [0.4, 0.5) is 0 Å². The molecule has 0 aromatic rings.